The van der Waals surface area contributed by atoms with Crippen molar-refractivity contribution in [1.29, 1.82) is 0 Å². The Balaban J connectivity index is 1.94. The number of fused-ring (bicyclic) bond motifs is 1. The van der Waals surface area contributed by atoms with Gasteiger partial charge in [-0.2, -0.15) is 5.10 Å². The lowest BCUT2D eigenvalue weighted by molar-refractivity contribution is 0.0939. The van der Waals surface area contributed by atoms with Crippen LogP contribution in [0.5, 0.6) is 0 Å². The molecule has 0 bridgehead atoms. The molecule has 29 heavy (non-hydrogen) atoms. The number of amides is 1. The monoisotopic (exact) mass is 418 g/mol. The van der Waals surface area contributed by atoms with Crippen molar-refractivity contribution in [2.45, 2.75) is 31.7 Å². The van der Waals surface area contributed by atoms with E-state index >= 15 is 0 Å². The summed E-state index contributed by atoms with van der Waals surface area (Å²) in [6.07, 6.45) is 0.628. The van der Waals surface area contributed by atoms with E-state index in [-0.39, 0.29) is 21.7 Å². The Kier molecular flexibility index (Phi) is 5.76. The van der Waals surface area contributed by atoms with Crippen molar-refractivity contribution in [2.75, 3.05) is 0 Å². The van der Waals surface area contributed by atoms with Gasteiger partial charge in [-0.3, -0.25) is 15.0 Å². The molecule has 0 saturated carbocycles. The quantitative estimate of drug-likeness (QED) is 0.594. The first-order chi connectivity index (χ1) is 13.7. The van der Waals surface area contributed by atoms with Gasteiger partial charge in [-0.25, -0.2) is 17.5 Å². The highest BCUT2D eigenvalue weighted by Gasteiger charge is 2.21. The van der Waals surface area contributed by atoms with Crippen LogP contribution < -0.4 is 15.8 Å². The maximum Gasteiger partial charge on any atom is 0.287 e. The Bertz CT molecular complexity index is 1250. The molecule has 0 atom stereocenters. The molecule has 8 nitrogen and oxygen atoms in total. The number of carbonyl (C=O) groups excluding carboxylic acids is 1. The van der Waals surface area contributed by atoms with E-state index < -0.39 is 21.7 Å². The average molecular weight is 418 g/mol. The number of rotatable bonds is 6. The Labute approximate surface area is 166 Å². The molecule has 2 aromatic carbocycles. The summed E-state index contributed by atoms with van der Waals surface area (Å²) in [5.74, 6) is -1.39. The largest absolute Gasteiger partial charge is 0.287 e. The smallest absolute Gasteiger partial charge is 0.272 e. The van der Waals surface area contributed by atoms with Crippen molar-refractivity contribution >= 4 is 26.7 Å². The van der Waals surface area contributed by atoms with Gasteiger partial charge in [0.1, 0.15) is 5.82 Å². The fourth-order valence-electron chi connectivity index (χ4n) is 2.91. The number of nitrogens with zero attached hydrogens (tertiary/aromatic N) is 2. The van der Waals surface area contributed by atoms with Gasteiger partial charge in [-0.05, 0) is 43.2 Å². The summed E-state index contributed by atoms with van der Waals surface area (Å²) in [5.41, 5.74) is 1.88. The molecular formula is C19H19FN4O4S. The average Bonchev–Trinajstić information content (AvgIpc) is 2.68. The summed E-state index contributed by atoms with van der Waals surface area (Å²) in [6, 6.07) is 9.65. The molecule has 0 unspecified atom stereocenters. The molecule has 2 N–H and O–H groups in total. The van der Waals surface area contributed by atoms with Crippen LogP contribution in [0.4, 0.5) is 4.39 Å². The van der Waals surface area contributed by atoms with Gasteiger partial charge in [-0.15, -0.1) is 4.83 Å². The number of aryl methyl sites for hydroxylation is 2. The normalized spacial score (nSPS) is 11.6. The molecule has 0 aliphatic rings. The standard InChI is InChI=1S/C19H19FN4O4S/c1-3-10-24-19(26)15-7-5-4-6-14(15)17(22-24)18(25)21-23-29(27,28)16-9-8-13(20)11-12(16)2/h4-9,11,23H,3,10H2,1-2H3,(H,21,25). The van der Waals surface area contributed by atoms with Crippen LogP contribution in [0.1, 0.15) is 29.4 Å². The van der Waals surface area contributed by atoms with Gasteiger partial charge in [0.05, 0.1) is 10.3 Å². The molecule has 0 fully saturated rings. The minimum Gasteiger partial charge on any atom is -0.272 e. The number of hydrogen-bond donors (Lipinski definition) is 2. The second kappa shape index (κ2) is 8.10. The molecule has 10 heteroatoms. The van der Waals surface area contributed by atoms with Crippen molar-refractivity contribution in [3.05, 3.63) is 69.9 Å². The van der Waals surface area contributed by atoms with Gasteiger partial charge in [-0.1, -0.05) is 25.1 Å². The van der Waals surface area contributed by atoms with Crippen LogP contribution in [0, 0.1) is 12.7 Å². The highest BCUT2D eigenvalue weighted by atomic mass is 32.2. The van der Waals surface area contributed by atoms with Crippen molar-refractivity contribution in [3.63, 3.8) is 0 Å². The van der Waals surface area contributed by atoms with E-state index in [1.807, 2.05) is 11.8 Å². The van der Waals surface area contributed by atoms with Crippen molar-refractivity contribution in [1.82, 2.24) is 20.0 Å². The molecular weight excluding hydrogens is 399 g/mol. The van der Waals surface area contributed by atoms with Crippen molar-refractivity contribution in [2.24, 2.45) is 0 Å². The first-order valence-electron chi connectivity index (χ1n) is 8.82. The fraction of sp³-hybridized carbons (Fsp3) is 0.211. The van der Waals surface area contributed by atoms with Crippen LogP contribution in [0.15, 0.2) is 52.2 Å². The molecule has 3 rings (SSSR count). The number of sulfonamides is 1. The first kappa shape index (κ1) is 20.6. The van der Waals surface area contributed by atoms with Crippen LogP contribution in [0.2, 0.25) is 0 Å². The minimum absolute atomic E-state index is 0.0906. The number of carbonyl (C=O) groups is 1. The Morgan fingerprint density at radius 3 is 2.52 bits per heavy atom. The van der Waals surface area contributed by atoms with Crippen LogP contribution in [0.25, 0.3) is 10.8 Å². The lowest BCUT2D eigenvalue weighted by atomic mass is 10.1. The third-order valence-electron chi connectivity index (χ3n) is 4.24. The summed E-state index contributed by atoms with van der Waals surface area (Å²) in [7, 11) is -4.14. The topological polar surface area (TPSA) is 110 Å². The van der Waals surface area contributed by atoms with Gasteiger partial charge in [0.15, 0.2) is 5.69 Å². The third-order valence-corrected chi connectivity index (χ3v) is 5.65. The highest BCUT2D eigenvalue weighted by molar-refractivity contribution is 7.89. The summed E-state index contributed by atoms with van der Waals surface area (Å²) in [6.45, 7) is 3.61. The number of hydrogen-bond acceptors (Lipinski definition) is 5. The van der Waals surface area contributed by atoms with Gasteiger partial charge < -0.3 is 0 Å². The molecule has 152 valence electrons. The molecule has 0 saturated heterocycles. The number of benzene rings is 2. The fourth-order valence-corrected chi connectivity index (χ4v) is 3.98. The van der Waals surface area contributed by atoms with Gasteiger partial charge in [0.2, 0.25) is 0 Å². The van der Waals surface area contributed by atoms with Crippen LogP contribution in [-0.2, 0) is 16.6 Å². The van der Waals surface area contributed by atoms with E-state index in [2.05, 4.69) is 10.5 Å². The summed E-state index contributed by atoms with van der Waals surface area (Å²) in [4.78, 5) is 27.0. The lowest BCUT2D eigenvalue weighted by Gasteiger charge is -2.12. The van der Waals surface area contributed by atoms with E-state index in [1.165, 1.54) is 11.6 Å². The molecule has 1 heterocycles. The molecule has 0 aliphatic heterocycles. The number of nitrogens with one attached hydrogen (secondary N) is 2. The Morgan fingerprint density at radius 2 is 1.86 bits per heavy atom. The summed E-state index contributed by atoms with van der Waals surface area (Å²) >= 11 is 0. The van der Waals surface area contributed by atoms with E-state index in [0.717, 1.165) is 18.2 Å². The van der Waals surface area contributed by atoms with Gasteiger partial charge in [0, 0.05) is 11.9 Å². The predicted octanol–water partition coefficient (Wildman–Crippen LogP) is 1.88. The number of halogens is 1. The van der Waals surface area contributed by atoms with E-state index in [9.17, 15) is 22.4 Å². The number of aromatic nitrogens is 2. The zero-order chi connectivity index (χ0) is 21.2. The highest BCUT2D eigenvalue weighted by Crippen LogP contribution is 2.16. The van der Waals surface area contributed by atoms with Crippen LogP contribution in [-0.4, -0.2) is 24.1 Å². The molecule has 0 spiro atoms. The number of hydrazine groups is 1. The maximum atomic E-state index is 13.2. The molecule has 0 radical (unpaired) electrons. The van der Waals surface area contributed by atoms with Crippen molar-refractivity contribution < 1.29 is 17.6 Å². The Hall–Kier alpha value is -3.11. The van der Waals surface area contributed by atoms with Crippen molar-refractivity contribution in [3.8, 4) is 0 Å². The second-order valence-electron chi connectivity index (χ2n) is 6.39. The van der Waals surface area contributed by atoms with Crippen LogP contribution >= 0.6 is 0 Å². The molecule has 3 aromatic rings. The zero-order valence-corrected chi connectivity index (χ0v) is 16.6. The molecule has 0 aliphatic carbocycles. The summed E-state index contributed by atoms with van der Waals surface area (Å²) < 4.78 is 39.3. The minimum atomic E-state index is -4.14. The SMILES string of the molecule is CCCn1nc(C(=O)NNS(=O)(=O)c2ccc(F)cc2C)c2ccccc2c1=O. The molecule has 1 amide bonds. The van der Waals surface area contributed by atoms with E-state index in [1.54, 1.807) is 24.3 Å². The second-order valence-corrected chi connectivity index (χ2v) is 8.04. The third kappa shape index (κ3) is 4.17. The van der Waals surface area contributed by atoms with E-state index in [4.69, 9.17) is 0 Å². The zero-order valence-electron chi connectivity index (χ0n) is 15.8. The van der Waals surface area contributed by atoms with Gasteiger partial charge >= 0.3 is 0 Å². The lowest BCUT2D eigenvalue weighted by Crippen LogP contribution is -2.43. The van der Waals surface area contributed by atoms with Crippen LogP contribution in [0.3, 0.4) is 0 Å². The molecule has 1 aromatic heterocycles. The van der Waals surface area contributed by atoms with Gasteiger partial charge in [0.25, 0.3) is 21.5 Å². The predicted molar refractivity (Wildman–Crippen MR) is 105 cm³/mol. The summed E-state index contributed by atoms with van der Waals surface area (Å²) in [5, 5.41) is 4.71. The Morgan fingerprint density at radius 1 is 1.17 bits per heavy atom. The maximum absolute atomic E-state index is 13.2. The van der Waals surface area contributed by atoms with E-state index in [0.29, 0.717) is 23.7 Å². The first-order valence-corrected chi connectivity index (χ1v) is 10.3.